The van der Waals surface area contributed by atoms with Crippen LogP contribution < -0.4 is 5.73 Å². The van der Waals surface area contributed by atoms with E-state index in [-0.39, 0.29) is 6.04 Å². The molecule has 0 radical (unpaired) electrons. The van der Waals surface area contributed by atoms with E-state index in [1.165, 1.54) is 11.3 Å². The van der Waals surface area contributed by atoms with Crippen LogP contribution in [-0.4, -0.2) is 14.3 Å². The average molecular weight is 339 g/mol. The van der Waals surface area contributed by atoms with Crippen LogP contribution in [0.3, 0.4) is 0 Å². The van der Waals surface area contributed by atoms with Gasteiger partial charge in [0.25, 0.3) is 0 Å². The highest BCUT2D eigenvalue weighted by Crippen LogP contribution is 2.23. The number of rotatable bonds is 6. The lowest BCUT2D eigenvalue weighted by atomic mass is 10.1. The van der Waals surface area contributed by atoms with Crippen LogP contribution >= 0.6 is 15.9 Å². The largest absolute Gasteiger partial charge is 0.348 e. The molecule has 0 fully saturated rings. The van der Waals surface area contributed by atoms with E-state index in [4.69, 9.17) is 5.73 Å². The maximum atomic E-state index is 6.16. The van der Waals surface area contributed by atoms with E-state index in [2.05, 4.69) is 57.9 Å². The fourth-order valence-electron chi connectivity index (χ4n) is 2.45. The van der Waals surface area contributed by atoms with Crippen LogP contribution in [0.1, 0.15) is 49.7 Å². The number of nitrogens with zero attached hydrogens (tertiary/aromatic N) is 3. The van der Waals surface area contributed by atoms with Gasteiger partial charge in [-0.3, -0.25) is 4.68 Å². The Kier molecular flexibility index (Phi) is 5.05. The molecule has 2 N–H and O–H groups in total. The summed E-state index contributed by atoms with van der Waals surface area (Å²) in [4.78, 5) is 0. The Hall–Kier alpha value is -1.07. The lowest BCUT2D eigenvalue weighted by Crippen LogP contribution is -2.09. The fraction of sp³-hybridized carbons (Fsp3) is 0.533. The number of aromatic nitrogens is 3. The first-order valence-corrected chi connectivity index (χ1v) is 7.99. The molecule has 0 amide bonds. The van der Waals surface area contributed by atoms with Crippen molar-refractivity contribution in [2.75, 3.05) is 0 Å². The molecule has 5 heteroatoms. The van der Waals surface area contributed by atoms with Gasteiger partial charge in [-0.1, -0.05) is 13.3 Å². The third kappa shape index (κ3) is 3.15. The zero-order valence-corrected chi connectivity index (χ0v) is 14.0. The van der Waals surface area contributed by atoms with Crippen LogP contribution in [0.15, 0.2) is 22.9 Å². The average Bonchev–Trinajstić information content (AvgIpc) is 2.99. The van der Waals surface area contributed by atoms with Crippen LogP contribution in [0, 0.1) is 6.92 Å². The lowest BCUT2D eigenvalue weighted by Gasteiger charge is -2.09. The Morgan fingerprint density at radius 1 is 1.40 bits per heavy atom. The fourth-order valence-corrected chi connectivity index (χ4v) is 2.86. The minimum absolute atomic E-state index is 0.141. The monoisotopic (exact) mass is 338 g/mol. The minimum atomic E-state index is 0.141. The van der Waals surface area contributed by atoms with Gasteiger partial charge < -0.3 is 10.3 Å². The molecular formula is C15H23BrN4. The molecule has 1 unspecified atom stereocenters. The molecule has 2 aromatic heterocycles. The highest BCUT2D eigenvalue weighted by Gasteiger charge is 2.13. The van der Waals surface area contributed by atoms with E-state index >= 15 is 0 Å². The molecule has 0 aromatic carbocycles. The first-order valence-electron chi connectivity index (χ1n) is 7.19. The van der Waals surface area contributed by atoms with Crippen LogP contribution in [0.2, 0.25) is 0 Å². The van der Waals surface area contributed by atoms with Gasteiger partial charge in [-0.15, -0.1) is 0 Å². The predicted octanol–water partition coefficient (Wildman–Crippen LogP) is 3.62. The van der Waals surface area contributed by atoms with Crippen molar-refractivity contribution < 1.29 is 0 Å². The molecule has 2 heterocycles. The summed E-state index contributed by atoms with van der Waals surface area (Å²) in [5.41, 5.74) is 9.62. The third-order valence-electron chi connectivity index (χ3n) is 3.59. The van der Waals surface area contributed by atoms with Crippen molar-refractivity contribution in [1.82, 2.24) is 14.3 Å². The summed E-state index contributed by atoms with van der Waals surface area (Å²) in [6, 6.07) is 2.26. The van der Waals surface area contributed by atoms with E-state index in [9.17, 15) is 0 Å². The molecule has 1 atom stereocenters. The molecule has 4 nitrogen and oxygen atoms in total. The van der Waals surface area contributed by atoms with Crippen molar-refractivity contribution in [1.29, 1.82) is 0 Å². The Morgan fingerprint density at radius 2 is 2.15 bits per heavy atom. The second-order valence-electron chi connectivity index (χ2n) is 5.17. The summed E-state index contributed by atoms with van der Waals surface area (Å²) in [5.74, 6) is 0. The van der Waals surface area contributed by atoms with Crippen molar-refractivity contribution in [3.63, 3.8) is 0 Å². The molecule has 0 bridgehead atoms. The summed E-state index contributed by atoms with van der Waals surface area (Å²) >= 11 is 3.64. The summed E-state index contributed by atoms with van der Waals surface area (Å²) in [6.07, 6.45) is 6.38. The van der Waals surface area contributed by atoms with Crippen molar-refractivity contribution in [2.45, 2.75) is 52.7 Å². The number of halogens is 1. The van der Waals surface area contributed by atoms with Gasteiger partial charge in [0, 0.05) is 25.0 Å². The summed E-state index contributed by atoms with van der Waals surface area (Å²) < 4.78 is 5.33. The molecule has 0 saturated carbocycles. The van der Waals surface area contributed by atoms with E-state index < -0.39 is 0 Å². The van der Waals surface area contributed by atoms with E-state index in [0.29, 0.717) is 0 Å². The molecule has 0 saturated heterocycles. The Labute approximate surface area is 129 Å². The van der Waals surface area contributed by atoms with Crippen LogP contribution in [0.25, 0.3) is 0 Å². The van der Waals surface area contributed by atoms with Crippen LogP contribution in [-0.2, 0) is 13.1 Å². The van der Waals surface area contributed by atoms with Gasteiger partial charge in [0.05, 0.1) is 22.4 Å². The Balaban J connectivity index is 2.18. The van der Waals surface area contributed by atoms with Gasteiger partial charge in [0.15, 0.2) is 0 Å². The lowest BCUT2D eigenvalue weighted by molar-refractivity contribution is 0.594. The second-order valence-corrected chi connectivity index (χ2v) is 5.97. The van der Waals surface area contributed by atoms with Gasteiger partial charge in [-0.25, -0.2) is 0 Å². The molecule has 2 rings (SSSR count). The van der Waals surface area contributed by atoms with E-state index in [0.717, 1.165) is 36.1 Å². The first-order chi connectivity index (χ1) is 9.56. The number of hydrogen-bond acceptors (Lipinski definition) is 2. The highest BCUT2D eigenvalue weighted by molar-refractivity contribution is 9.10. The van der Waals surface area contributed by atoms with Crippen molar-refractivity contribution in [3.8, 4) is 0 Å². The van der Waals surface area contributed by atoms with Gasteiger partial charge in [-0.2, -0.15) is 5.10 Å². The SMILES string of the molecule is CCCC(N)c1ccn(Cc2c(Br)c(C)nn2CC)c1. The molecule has 2 aromatic rings. The standard InChI is InChI=1S/C15H23BrN4/c1-4-6-13(17)12-7-8-19(9-12)10-14-15(16)11(3)18-20(14)5-2/h7-9,13H,4-6,10,17H2,1-3H3. The zero-order valence-electron chi connectivity index (χ0n) is 12.4. The predicted molar refractivity (Wildman–Crippen MR) is 85.7 cm³/mol. The Morgan fingerprint density at radius 3 is 2.80 bits per heavy atom. The van der Waals surface area contributed by atoms with Crippen LogP contribution in [0.4, 0.5) is 0 Å². The van der Waals surface area contributed by atoms with E-state index in [1.807, 2.05) is 11.6 Å². The number of nitrogens with two attached hydrogens (primary N) is 1. The summed E-state index contributed by atoms with van der Waals surface area (Å²) in [7, 11) is 0. The number of hydrogen-bond donors (Lipinski definition) is 1. The zero-order chi connectivity index (χ0) is 14.7. The van der Waals surface area contributed by atoms with Gasteiger partial charge in [0.1, 0.15) is 0 Å². The molecule has 0 aliphatic carbocycles. The smallest absolute Gasteiger partial charge is 0.0739 e. The number of aryl methyl sites for hydroxylation is 2. The minimum Gasteiger partial charge on any atom is -0.348 e. The normalized spacial score (nSPS) is 12.8. The molecule has 0 aliphatic rings. The molecule has 110 valence electrons. The van der Waals surface area contributed by atoms with E-state index in [1.54, 1.807) is 0 Å². The van der Waals surface area contributed by atoms with Crippen molar-refractivity contribution in [2.24, 2.45) is 5.73 Å². The van der Waals surface area contributed by atoms with Gasteiger partial charge in [0.2, 0.25) is 0 Å². The second kappa shape index (κ2) is 6.59. The maximum absolute atomic E-state index is 6.16. The maximum Gasteiger partial charge on any atom is 0.0739 e. The molecule has 0 aliphatic heterocycles. The highest BCUT2D eigenvalue weighted by atomic mass is 79.9. The van der Waals surface area contributed by atoms with Crippen LogP contribution in [0.5, 0.6) is 0 Å². The van der Waals surface area contributed by atoms with Crippen molar-refractivity contribution >= 4 is 15.9 Å². The molecular weight excluding hydrogens is 316 g/mol. The topological polar surface area (TPSA) is 48.8 Å². The first kappa shape index (κ1) is 15.3. The summed E-state index contributed by atoms with van der Waals surface area (Å²) in [5, 5.41) is 4.53. The van der Waals surface area contributed by atoms with Gasteiger partial charge in [-0.05, 0) is 47.8 Å². The quantitative estimate of drug-likeness (QED) is 0.874. The third-order valence-corrected chi connectivity index (χ3v) is 4.62. The molecule has 20 heavy (non-hydrogen) atoms. The Bertz CT molecular complexity index is 570. The summed E-state index contributed by atoms with van der Waals surface area (Å²) in [6.45, 7) is 7.99. The molecule has 0 spiro atoms. The van der Waals surface area contributed by atoms with Gasteiger partial charge >= 0.3 is 0 Å². The van der Waals surface area contributed by atoms with Crippen molar-refractivity contribution in [3.05, 3.63) is 39.9 Å².